The molecule has 2 aliphatic rings. The number of rotatable bonds is 5. The number of anilines is 3. The van der Waals surface area contributed by atoms with Gasteiger partial charge in [0.1, 0.15) is 5.52 Å². The maximum Gasteiger partial charge on any atom is 0.416 e. The molecule has 1 aromatic carbocycles. The molecule has 34 heavy (non-hydrogen) atoms. The van der Waals surface area contributed by atoms with Crippen LogP contribution in [0.15, 0.2) is 30.5 Å². The van der Waals surface area contributed by atoms with Gasteiger partial charge in [0.25, 0.3) is 0 Å². The minimum Gasteiger partial charge on any atom is -0.381 e. The van der Waals surface area contributed by atoms with Crippen LogP contribution in [0, 0.1) is 0 Å². The van der Waals surface area contributed by atoms with E-state index < -0.39 is 11.7 Å². The highest BCUT2D eigenvalue weighted by molar-refractivity contribution is 5.76. The Morgan fingerprint density at radius 3 is 2.59 bits per heavy atom. The van der Waals surface area contributed by atoms with Crippen LogP contribution < -0.4 is 10.6 Å². The van der Waals surface area contributed by atoms with E-state index in [0.717, 1.165) is 50.7 Å². The lowest BCUT2D eigenvalue weighted by atomic mass is 9.93. The number of alkyl halides is 3. The van der Waals surface area contributed by atoms with Crippen LogP contribution in [0.1, 0.15) is 63.5 Å². The molecular weight excluding hydrogens is 445 g/mol. The summed E-state index contributed by atoms with van der Waals surface area (Å²) in [5, 5.41) is 6.60. The Balaban J connectivity index is 1.52. The van der Waals surface area contributed by atoms with E-state index in [4.69, 9.17) is 9.72 Å². The maximum absolute atomic E-state index is 13.2. The van der Waals surface area contributed by atoms with Gasteiger partial charge in [-0.15, -0.1) is 0 Å². The van der Waals surface area contributed by atoms with Gasteiger partial charge in [-0.3, -0.25) is 4.57 Å². The summed E-state index contributed by atoms with van der Waals surface area (Å²) in [5.74, 6) is 1.02. The summed E-state index contributed by atoms with van der Waals surface area (Å²) in [6, 6.07) is 5.36. The lowest BCUT2D eigenvalue weighted by Gasteiger charge is -2.34. The molecule has 0 radical (unpaired) electrons. The SMILES string of the molecule is CC1(Nc2ncc3nc(Nc4cccc(C(F)(F)F)c4)n(C4CCCCC4)c3n2)CCOCC1. The number of nitrogens with one attached hydrogen (secondary N) is 2. The highest BCUT2D eigenvalue weighted by atomic mass is 19.4. The molecular formula is C24H29F3N6O. The topological polar surface area (TPSA) is 76.9 Å². The predicted molar refractivity (Wildman–Crippen MR) is 124 cm³/mol. The van der Waals surface area contributed by atoms with Gasteiger partial charge in [-0.1, -0.05) is 25.3 Å². The molecule has 10 heteroatoms. The van der Waals surface area contributed by atoms with Crippen molar-refractivity contribution in [3.63, 3.8) is 0 Å². The fraction of sp³-hybridized carbons (Fsp3) is 0.542. The largest absolute Gasteiger partial charge is 0.416 e. The zero-order chi connectivity index (χ0) is 23.8. The average molecular weight is 475 g/mol. The molecule has 7 nitrogen and oxygen atoms in total. The first-order chi connectivity index (χ1) is 16.3. The first-order valence-electron chi connectivity index (χ1n) is 11.9. The molecule has 1 saturated heterocycles. The second-order valence-corrected chi connectivity index (χ2v) is 9.50. The normalized spacial score (nSPS) is 19.3. The van der Waals surface area contributed by atoms with Gasteiger partial charge in [-0.05, 0) is 50.8 Å². The van der Waals surface area contributed by atoms with Gasteiger partial charge in [0, 0.05) is 30.5 Å². The summed E-state index contributed by atoms with van der Waals surface area (Å²) in [4.78, 5) is 14.0. The van der Waals surface area contributed by atoms with Crippen molar-refractivity contribution < 1.29 is 17.9 Å². The molecule has 0 spiro atoms. The van der Waals surface area contributed by atoms with Crippen molar-refractivity contribution >= 4 is 28.7 Å². The first kappa shape index (κ1) is 22.9. The molecule has 3 heterocycles. The fourth-order valence-electron chi connectivity index (χ4n) is 4.84. The van der Waals surface area contributed by atoms with Crippen molar-refractivity contribution in [2.45, 2.75) is 69.6 Å². The van der Waals surface area contributed by atoms with Crippen molar-refractivity contribution in [3.05, 3.63) is 36.0 Å². The zero-order valence-corrected chi connectivity index (χ0v) is 19.2. The average Bonchev–Trinajstić information content (AvgIpc) is 3.16. The number of nitrogens with zero attached hydrogens (tertiary/aromatic N) is 4. The lowest BCUT2D eigenvalue weighted by Crippen LogP contribution is -2.41. The van der Waals surface area contributed by atoms with E-state index in [9.17, 15) is 13.2 Å². The van der Waals surface area contributed by atoms with Crippen LogP contribution in [0.2, 0.25) is 0 Å². The summed E-state index contributed by atoms with van der Waals surface area (Å²) in [6.45, 7) is 3.52. The number of hydrogen-bond donors (Lipinski definition) is 2. The van der Waals surface area contributed by atoms with Gasteiger partial charge in [0.2, 0.25) is 11.9 Å². The monoisotopic (exact) mass is 474 g/mol. The predicted octanol–water partition coefficient (Wildman–Crippen LogP) is 6.07. The van der Waals surface area contributed by atoms with Gasteiger partial charge in [-0.2, -0.15) is 18.2 Å². The van der Waals surface area contributed by atoms with Crippen molar-refractivity contribution in [1.29, 1.82) is 0 Å². The third-order valence-electron chi connectivity index (χ3n) is 6.83. The van der Waals surface area contributed by atoms with E-state index >= 15 is 0 Å². The van der Waals surface area contributed by atoms with Crippen LogP contribution >= 0.6 is 0 Å². The number of aromatic nitrogens is 4. The minimum atomic E-state index is -4.41. The number of halogens is 3. The van der Waals surface area contributed by atoms with Crippen molar-refractivity contribution in [3.8, 4) is 0 Å². The highest BCUT2D eigenvalue weighted by Gasteiger charge is 2.31. The van der Waals surface area contributed by atoms with E-state index in [-0.39, 0.29) is 11.6 Å². The Kier molecular flexibility index (Phi) is 6.09. The van der Waals surface area contributed by atoms with Gasteiger partial charge >= 0.3 is 6.18 Å². The van der Waals surface area contributed by atoms with Crippen molar-refractivity contribution in [2.75, 3.05) is 23.8 Å². The number of ether oxygens (including phenoxy) is 1. The lowest BCUT2D eigenvalue weighted by molar-refractivity contribution is -0.137. The van der Waals surface area contributed by atoms with Crippen LogP contribution in [0.25, 0.3) is 11.2 Å². The molecule has 2 fully saturated rings. The molecule has 5 rings (SSSR count). The number of imidazole rings is 1. The van der Waals surface area contributed by atoms with Crippen LogP contribution in [0.3, 0.4) is 0 Å². The molecule has 1 aliphatic carbocycles. The molecule has 2 aromatic heterocycles. The van der Waals surface area contributed by atoms with Gasteiger partial charge in [-0.25, -0.2) is 9.97 Å². The quantitative estimate of drug-likeness (QED) is 0.467. The molecule has 0 bridgehead atoms. The smallest absolute Gasteiger partial charge is 0.381 e. The van der Waals surface area contributed by atoms with Crippen molar-refractivity contribution in [1.82, 2.24) is 19.5 Å². The molecule has 1 saturated carbocycles. The molecule has 0 unspecified atom stereocenters. The molecule has 182 valence electrons. The van der Waals surface area contributed by atoms with Crippen LogP contribution in [-0.2, 0) is 10.9 Å². The van der Waals surface area contributed by atoms with E-state index in [2.05, 4.69) is 27.5 Å². The Morgan fingerprint density at radius 2 is 1.85 bits per heavy atom. The van der Waals surface area contributed by atoms with Gasteiger partial charge in [0.05, 0.1) is 11.8 Å². The summed E-state index contributed by atoms with van der Waals surface area (Å²) >= 11 is 0. The van der Waals surface area contributed by atoms with Crippen LogP contribution in [0.5, 0.6) is 0 Å². The molecule has 0 amide bonds. The minimum absolute atomic E-state index is 0.152. The Bertz CT molecular complexity index is 1150. The second kappa shape index (κ2) is 9.05. The number of benzene rings is 1. The number of hydrogen-bond acceptors (Lipinski definition) is 6. The van der Waals surface area contributed by atoms with E-state index in [1.165, 1.54) is 12.5 Å². The second-order valence-electron chi connectivity index (χ2n) is 9.50. The van der Waals surface area contributed by atoms with Crippen LogP contribution in [0.4, 0.5) is 30.8 Å². The Hall–Kier alpha value is -2.88. The molecule has 0 atom stereocenters. The van der Waals surface area contributed by atoms with Gasteiger partial charge in [0.15, 0.2) is 5.65 Å². The standard InChI is InChI=1S/C24H29F3N6O/c1-23(10-12-34-13-11-23)32-21-28-15-19-20(31-21)33(18-8-3-2-4-9-18)22(30-19)29-17-7-5-6-16(14-17)24(25,26)27/h5-7,14-15,18H,2-4,8-13H2,1H3,(H,29,30)(H,28,31,32). The Morgan fingerprint density at radius 1 is 1.09 bits per heavy atom. The van der Waals surface area contributed by atoms with Gasteiger partial charge < -0.3 is 15.4 Å². The highest BCUT2D eigenvalue weighted by Crippen LogP contribution is 2.36. The molecule has 2 N–H and O–H groups in total. The summed E-state index contributed by atoms with van der Waals surface area (Å²) in [7, 11) is 0. The van der Waals surface area contributed by atoms with E-state index in [0.29, 0.717) is 42.0 Å². The fourth-order valence-corrected chi connectivity index (χ4v) is 4.84. The van der Waals surface area contributed by atoms with Crippen molar-refractivity contribution in [2.24, 2.45) is 0 Å². The van der Waals surface area contributed by atoms with E-state index in [1.54, 1.807) is 12.3 Å². The molecule has 1 aliphatic heterocycles. The zero-order valence-electron chi connectivity index (χ0n) is 19.2. The summed E-state index contributed by atoms with van der Waals surface area (Å²) in [6.07, 6.45) is 4.33. The maximum atomic E-state index is 13.2. The third kappa shape index (κ3) is 4.82. The van der Waals surface area contributed by atoms with E-state index in [1.807, 2.05) is 4.57 Å². The summed E-state index contributed by atoms with van der Waals surface area (Å²) < 4.78 is 47.2. The van der Waals surface area contributed by atoms with Crippen LogP contribution in [-0.4, -0.2) is 38.3 Å². The molecule has 3 aromatic rings. The number of fused-ring (bicyclic) bond motifs is 1. The first-order valence-corrected chi connectivity index (χ1v) is 11.9. The Labute approximate surface area is 196 Å². The third-order valence-corrected chi connectivity index (χ3v) is 6.83. The summed E-state index contributed by atoms with van der Waals surface area (Å²) in [5.41, 5.74) is 0.787.